The average molecular weight is 347 g/mol. The maximum absolute atomic E-state index is 10.9. The van der Waals surface area contributed by atoms with Crippen LogP contribution in [0.4, 0.5) is 0 Å². The fourth-order valence-electron chi connectivity index (χ4n) is 1.43. The third-order valence-electron chi connectivity index (χ3n) is 1.63. The maximum atomic E-state index is 10.9. The van der Waals surface area contributed by atoms with E-state index in [0.717, 1.165) is 0 Å². The van der Waals surface area contributed by atoms with Gasteiger partial charge in [0.15, 0.2) is 0 Å². The summed E-state index contributed by atoms with van der Waals surface area (Å²) in [6.07, 6.45) is 2.87. The third kappa shape index (κ3) is 8.97. The Balaban J connectivity index is 4.59. The molecule has 0 aromatic rings. The molecule has 96 valence electrons. The van der Waals surface area contributed by atoms with Crippen molar-refractivity contribution in [1.29, 1.82) is 0 Å². The van der Waals surface area contributed by atoms with Crippen LogP contribution in [-0.2, 0) is 15.7 Å². The van der Waals surface area contributed by atoms with Crippen molar-refractivity contribution in [2.75, 3.05) is 0 Å². The monoisotopic (exact) mass is 348 g/mol. The molecule has 0 fully saturated rings. The van der Waals surface area contributed by atoms with Crippen molar-refractivity contribution < 1.29 is 15.7 Å². The van der Waals surface area contributed by atoms with Gasteiger partial charge in [0.25, 0.3) is 0 Å². The molecule has 5 heteroatoms. The van der Waals surface area contributed by atoms with E-state index in [1.807, 2.05) is 9.88 Å². The van der Waals surface area contributed by atoms with E-state index in [0.29, 0.717) is 11.5 Å². The van der Waals surface area contributed by atoms with Gasteiger partial charge in [-0.05, 0) is 0 Å². The third-order valence-corrected chi connectivity index (χ3v) is 6.27. The van der Waals surface area contributed by atoms with Crippen LogP contribution in [-0.4, -0.2) is 30.8 Å². The Morgan fingerprint density at radius 3 is 1.35 bits per heavy atom. The first-order chi connectivity index (χ1) is 7.62. The molecule has 0 aromatic carbocycles. The molecule has 0 aliphatic carbocycles. The molecule has 0 aliphatic heterocycles. The van der Waals surface area contributed by atoms with E-state index in [1.165, 1.54) is 26.0 Å². The van der Waals surface area contributed by atoms with Crippen molar-refractivity contribution in [3.8, 4) is 0 Å². The molecule has 0 unspecified atom stereocenters. The van der Waals surface area contributed by atoms with Gasteiger partial charge in [0.05, 0.1) is 0 Å². The number of carbonyl (C=O) groups excluding carboxylic acids is 2. The second-order valence-corrected chi connectivity index (χ2v) is 13.5. The summed E-state index contributed by atoms with van der Waals surface area (Å²) in [4.78, 5) is 25.6. The zero-order valence-electron chi connectivity index (χ0n) is 11.3. The van der Waals surface area contributed by atoms with E-state index >= 15 is 0 Å². The fourth-order valence-corrected chi connectivity index (χ4v) is 6.31. The van der Waals surface area contributed by atoms with Crippen LogP contribution in [0, 0.1) is 0 Å². The Morgan fingerprint density at radius 2 is 1.12 bits per heavy atom. The molecule has 0 N–H and O–H groups in total. The second kappa shape index (κ2) is 6.83. The summed E-state index contributed by atoms with van der Waals surface area (Å²) in [6.45, 7) is 6.40. The van der Waals surface area contributed by atoms with Crippen molar-refractivity contribution in [3.63, 3.8) is 0 Å². The molecule has 0 amide bonds. The zero-order valence-corrected chi connectivity index (χ0v) is 14.1. The molecule has 0 spiro atoms. The van der Waals surface area contributed by atoms with Gasteiger partial charge in [-0.2, -0.15) is 0 Å². The molecule has 0 radical (unpaired) electrons. The van der Waals surface area contributed by atoms with Crippen LogP contribution >= 0.6 is 0 Å². The number of ketones is 2. The Morgan fingerprint density at radius 1 is 0.824 bits per heavy atom. The molecular weight excluding hydrogens is 327 g/mol. The van der Waals surface area contributed by atoms with Crippen molar-refractivity contribution in [1.82, 2.24) is 0 Å². The predicted molar refractivity (Wildman–Crippen MR) is 68.5 cm³/mol. The standard InChI is InChI=1S/2C5H8O2.2CH3.Sn/c2*1-4(6)3-5(2)7;;;/h2*3,6H,1-2H3;2*1H3;/q;;;;+2/p-2/b2*4-3+;;;. The van der Waals surface area contributed by atoms with Crippen LogP contribution in [0.2, 0.25) is 9.88 Å². The molecule has 0 rings (SSSR count). The number of carbonyl (C=O) groups is 2. The first kappa shape index (κ1) is 16.2. The van der Waals surface area contributed by atoms with Gasteiger partial charge >= 0.3 is 108 Å². The van der Waals surface area contributed by atoms with Crippen molar-refractivity contribution in [2.45, 2.75) is 37.6 Å². The number of allylic oxidation sites excluding steroid dienone is 4. The van der Waals surface area contributed by atoms with Gasteiger partial charge in [-0.15, -0.1) is 0 Å². The Hall–Kier alpha value is -0.781. The van der Waals surface area contributed by atoms with Crippen LogP contribution in [0.15, 0.2) is 23.7 Å². The van der Waals surface area contributed by atoms with Gasteiger partial charge in [-0.25, -0.2) is 0 Å². The number of rotatable bonds is 6. The molecular formula is C12H20O4Sn. The zero-order chi connectivity index (χ0) is 13.6. The molecule has 0 aliphatic rings. The summed E-state index contributed by atoms with van der Waals surface area (Å²) >= 11 is -3.16. The first-order valence-electron chi connectivity index (χ1n) is 5.38. The van der Waals surface area contributed by atoms with Crippen molar-refractivity contribution >= 4 is 30.8 Å². The first-order valence-corrected chi connectivity index (χ1v) is 13.4. The van der Waals surface area contributed by atoms with E-state index in [9.17, 15) is 9.59 Å². The molecule has 0 atom stereocenters. The van der Waals surface area contributed by atoms with Crippen LogP contribution < -0.4 is 0 Å². The van der Waals surface area contributed by atoms with Gasteiger partial charge in [0, 0.05) is 0 Å². The molecule has 4 nitrogen and oxygen atoms in total. The molecule has 0 saturated carbocycles. The molecule has 17 heavy (non-hydrogen) atoms. The summed E-state index contributed by atoms with van der Waals surface area (Å²) in [7, 11) is 0. The van der Waals surface area contributed by atoms with Crippen LogP contribution in [0.3, 0.4) is 0 Å². The topological polar surface area (TPSA) is 52.6 Å². The average Bonchev–Trinajstić information content (AvgIpc) is 1.95. The Bertz CT molecular complexity index is 333. The van der Waals surface area contributed by atoms with Gasteiger partial charge in [0.1, 0.15) is 0 Å². The SMILES string of the molecule is CC(=O)/C=C(\C)[O][Sn]([CH3])([CH3])[O]/C(C)=C/C(C)=O. The minimum absolute atomic E-state index is 0.0550. The predicted octanol–water partition coefficient (Wildman–Crippen LogP) is 2.71. The van der Waals surface area contributed by atoms with Gasteiger partial charge in [-0.3, -0.25) is 0 Å². The Kier molecular flexibility index (Phi) is 6.52. The van der Waals surface area contributed by atoms with Crippen LogP contribution in [0.1, 0.15) is 27.7 Å². The van der Waals surface area contributed by atoms with E-state index in [-0.39, 0.29) is 11.6 Å². The van der Waals surface area contributed by atoms with Gasteiger partial charge in [0.2, 0.25) is 0 Å². The second-order valence-electron chi connectivity index (χ2n) is 4.34. The number of hydrogen-bond acceptors (Lipinski definition) is 4. The summed E-state index contributed by atoms with van der Waals surface area (Å²) < 4.78 is 11.4. The summed E-state index contributed by atoms with van der Waals surface area (Å²) in [5.41, 5.74) is 0. The Labute approximate surface area is 108 Å². The quantitative estimate of drug-likeness (QED) is 0.421. The van der Waals surface area contributed by atoms with E-state index in [2.05, 4.69) is 0 Å². The molecule has 0 saturated heterocycles. The number of hydrogen-bond donors (Lipinski definition) is 0. The molecule has 0 aromatic heterocycles. The van der Waals surface area contributed by atoms with E-state index < -0.39 is 19.2 Å². The van der Waals surface area contributed by atoms with Crippen molar-refractivity contribution in [2.24, 2.45) is 0 Å². The van der Waals surface area contributed by atoms with E-state index in [1.54, 1.807) is 13.8 Å². The van der Waals surface area contributed by atoms with Crippen LogP contribution in [0.5, 0.6) is 0 Å². The minimum atomic E-state index is -3.16. The van der Waals surface area contributed by atoms with Gasteiger partial charge in [-0.1, -0.05) is 0 Å². The van der Waals surface area contributed by atoms with Crippen LogP contribution in [0.25, 0.3) is 0 Å². The normalized spacial score (nSPS) is 13.3. The van der Waals surface area contributed by atoms with Gasteiger partial charge < -0.3 is 0 Å². The molecule has 0 heterocycles. The van der Waals surface area contributed by atoms with E-state index in [4.69, 9.17) is 6.15 Å². The summed E-state index contributed by atoms with van der Waals surface area (Å²) in [5, 5.41) is 0. The summed E-state index contributed by atoms with van der Waals surface area (Å²) in [5.74, 6) is 1.02. The fraction of sp³-hybridized carbons (Fsp3) is 0.500. The van der Waals surface area contributed by atoms with Crippen molar-refractivity contribution in [3.05, 3.63) is 23.7 Å². The summed E-state index contributed by atoms with van der Waals surface area (Å²) in [6, 6.07) is 0. The molecule has 0 bridgehead atoms.